The summed E-state index contributed by atoms with van der Waals surface area (Å²) in [5.74, 6) is 1.71. The Morgan fingerprint density at radius 1 is 1.07 bits per heavy atom. The molecule has 0 saturated carbocycles. The summed E-state index contributed by atoms with van der Waals surface area (Å²) in [5, 5.41) is 10.4. The third-order valence-corrected chi connectivity index (χ3v) is 5.28. The van der Waals surface area contributed by atoms with Gasteiger partial charge in [-0.15, -0.1) is 11.8 Å². The molecule has 0 aromatic heterocycles. The number of aromatic hydroxyl groups is 1. The van der Waals surface area contributed by atoms with E-state index in [2.05, 4.69) is 24.3 Å². The van der Waals surface area contributed by atoms with Crippen molar-refractivity contribution in [1.82, 2.24) is 0 Å². The fourth-order valence-corrected chi connectivity index (χ4v) is 3.67. The molecule has 0 aliphatic carbocycles. The highest BCUT2D eigenvalue weighted by Gasteiger charge is 2.21. The van der Waals surface area contributed by atoms with Crippen molar-refractivity contribution in [2.75, 3.05) is 12.4 Å². The molecule has 0 heterocycles. The highest BCUT2D eigenvalue weighted by Crippen LogP contribution is 2.33. The van der Waals surface area contributed by atoms with Gasteiger partial charge in [-0.1, -0.05) is 39.0 Å². The molecule has 0 unspecified atom stereocenters. The van der Waals surface area contributed by atoms with Gasteiger partial charge in [-0.25, -0.2) is 0 Å². The number of unbranched alkanes of at least 4 members (excludes halogenated alkanes) is 1. The fraction of sp³-hybridized carbons (Fsp3) is 0.435. The van der Waals surface area contributed by atoms with E-state index in [1.165, 1.54) is 4.90 Å². The van der Waals surface area contributed by atoms with E-state index in [4.69, 9.17) is 4.74 Å². The van der Waals surface area contributed by atoms with E-state index >= 15 is 0 Å². The average Bonchev–Trinajstić information content (AvgIpc) is 2.60. The van der Waals surface area contributed by atoms with Crippen molar-refractivity contribution in [2.24, 2.45) is 5.41 Å². The predicted molar refractivity (Wildman–Crippen MR) is 113 cm³/mol. The van der Waals surface area contributed by atoms with Crippen molar-refractivity contribution in [2.45, 2.75) is 51.9 Å². The fourth-order valence-electron chi connectivity index (χ4n) is 2.73. The Bertz CT molecular complexity index is 748. The van der Waals surface area contributed by atoms with Crippen LogP contribution in [0.5, 0.6) is 11.5 Å². The van der Waals surface area contributed by atoms with Gasteiger partial charge in [-0.3, -0.25) is 4.79 Å². The van der Waals surface area contributed by atoms with Gasteiger partial charge in [0, 0.05) is 16.9 Å². The number of carbonyl (C=O) groups is 1. The first-order valence-corrected chi connectivity index (χ1v) is 10.4. The summed E-state index contributed by atoms with van der Waals surface area (Å²) in [6.45, 7) is 8.45. The van der Waals surface area contributed by atoms with E-state index in [0.717, 1.165) is 18.6 Å². The third kappa shape index (κ3) is 6.94. The Labute approximate surface area is 167 Å². The SMILES string of the molecule is Cc1c(OCCCCSc2ccccc2)ccc(C(=O)CC(C)(C)C)c1O. The maximum atomic E-state index is 12.4. The molecule has 0 aliphatic heterocycles. The zero-order chi connectivity index (χ0) is 19.9. The van der Waals surface area contributed by atoms with Crippen LogP contribution in [0, 0.1) is 12.3 Å². The first kappa shape index (κ1) is 21.4. The van der Waals surface area contributed by atoms with Crippen LogP contribution in [0.25, 0.3) is 0 Å². The molecule has 2 aromatic carbocycles. The van der Waals surface area contributed by atoms with Gasteiger partial charge in [0.25, 0.3) is 0 Å². The van der Waals surface area contributed by atoms with Gasteiger partial charge in [-0.2, -0.15) is 0 Å². The molecule has 0 spiro atoms. The van der Waals surface area contributed by atoms with Crippen molar-refractivity contribution in [3.8, 4) is 11.5 Å². The Balaban J connectivity index is 1.81. The average molecular weight is 387 g/mol. The summed E-state index contributed by atoms with van der Waals surface area (Å²) in [4.78, 5) is 13.7. The van der Waals surface area contributed by atoms with E-state index in [0.29, 0.717) is 29.9 Å². The lowest BCUT2D eigenvalue weighted by Crippen LogP contribution is -2.13. The second-order valence-corrected chi connectivity index (χ2v) is 9.13. The molecule has 4 heteroatoms. The maximum absolute atomic E-state index is 12.4. The van der Waals surface area contributed by atoms with E-state index in [9.17, 15) is 9.90 Å². The number of benzene rings is 2. The Morgan fingerprint density at radius 3 is 2.44 bits per heavy atom. The number of carbonyl (C=O) groups excluding carboxylic acids is 1. The molecule has 0 bridgehead atoms. The minimum atomic E-state index is -0.107. The number of phenols is 1. The molecular formula is C23H30O3S. The number of thioether (sulfide) groups is 1. The first-order chi connectivity index (χ1) is 12.8. The molecule has 146 valence electrons. The van der Waals surface area contributed by atoms with Crippen molar-refractivity contribution in [3.63, 3.8) is 0 Å². The number of ether oxygens (including phenoxy) is 1. The molecular weight excluding hydrogens is 356 g/mol. The normalized spacial score (nSPS) is 11.4. The van der Waals surface area contributed by atoms with Gasteiger partial charge >= 0.3 is 0 Å². The van der Waals surface area contributed by atoms with Crippen molar-refractivity contribution in [1.29, 1.82) is 0 Å². The summed E-state index contributed by atoms with van der Waals surface area (Å²) in [6, 6.07) is 13.8. The number of ketones is 1. The predicted octanol–water partition coefficient (Wildman–Crippen LogP) is 6.27. The Hall–Kier alpha value is -1.94. The largest absolute Gasteiger partial charge is 0.507 e. The lowest BCUT2D eigenvalue weighted by atomic mass is 9.87. The minimum absolute atomic E-state index is 0.0346. The van der Waals surface area contributed by atoms with Crippen molar-refractivity contribution < 1.29 is 14.6 Å². The summed E-state index contributed by atoms with van der Waals surface area (Å²) >= 11 is 1.85. The number of Topliss-reactive ketones (excluding diaryl/α,β-unsaturated/α-hetero) is 1. The molecule has 3 nitrogen and oxygen atoms in total. The van der Waals surface area contributed by atoms with Crippen LogP contribution in [0.3, 0.4) is 0 Å². The van der Waals surface area contributed by atoms with Crippen LogP contribution in [-0.2, 0) is 0 Å². The summed E-state index contributed by atoms with van der Waals surface area (Å²) in [7, 11) is 0. The molecule has 27 heavy (non-hydrogen) atoms. The van der Waals surface area contributed by atoms with E-state index in [1.54, 1.807) is 19.1 Å². The Kier molecular flexibility index (Phi) is 7.78. The minimum Gasteiger partial charge on any atom is -0.507 e. The number of phenolic OH excluding ortho intramolecular Hbond substituents is 1. The van der Waals surface area contributed by atoms with Crippen LogP contribution in [0.4, 0.5) is 0 Å². The van der Waals surface area contributed by atoms with E-state index < -0.39 is 0 Å². The molecule has 0 amide bonds. The number of rotatable bonds is 9. The number of hydrogen-bond acceptors (Lipinski definition) is 4. The maximum Gasteiger partial charge on any atom is 0.167 e. The zero-order valence-electron chi connectivity index (χ0n) is 16.7. The van der Waals surface area contributed by atoms with E-state index in [-0.39, 0.29) is 16.9 Å². The lowest BCUT2D eigenvalue weighted by molar-refractivity contribution is 0.0937. The highest BCUT2D eigenvalue weighted by molar-refractivity contribution is 7.99. The lowest BCUT2D eigenvalue weighted by Gasteiger charge is -2.18. The summed E-state index contributed by atoms with van der Waals surface area (Å²) < 4.78 is 5.82. The second kappa shape index (κ2) is 9.84. The number of hydrogen-bond donors (Lipinski definition) is 1. The molecule has 2 aromatic rings. The van der Waals surface area contributed by atoms with Crippen LogP contribution in [0.15, 0.2) is 47.4 Å². The molecule has 0 atom stereocenters. The smallest absolute Gasteiger partial charge is 0.167 e. The van der Waals surface area contributed by atoms with E-state index in [1.807, 2.05) is 38.6 Å². The summed E-state index contributed by atoms with van der Waals surface area (Å²) in [6.07, 6.45) is 2.41. The van der Waals surface area contributed by atoms with Crippen LogP contribution in [-0.4, -0.2) is 23.2 Å². The Morgan fingerprint density at radius 2 is 1.78 bits per heavy atom. The standard InChI is InChI=1S/C23H30O3S/c1-17-21(13-12-19(22(17)25)20(24)16-23(2,3)4)26-14-8-9-15-27-18-10-6-5-7-11-18/h5-7,10-13,25H,8-9,14-16H2,1-4H3. The van der Waals surface area contributed by atoms with Crippen LogP contribution >= 0.6 is 11.8 Å². The monoisotopic (exact) mass is 386 g/mol. The second-order valence-electron chi connectivity index (χ2n) is 7.96. The topological polar surface area (TPSA) is 46.5 Å². The molecule has 0 aliphatic rings. The molecule has 0 radical (unpaired) electrons. The van der Waals surface area contributed by atoms with Crippen LogP contribution in [0.2, 0.25) is 0 Å². The molecule has 1 N–H and O–H groups in total. The third-order valence-electron chi connectivity index (χ3n) is 4.18. The van der Waals surface area contributed by atoms with Gasteiger partial charge < -0.3 is 9.84 Å². The van der Waals surface area contributed by atoms with Crippen LogP contribution in [0.1, 0.15) is 56.0 Å². The quantitative estimate of drug-likeness (QED) is 0.313. The summed E-state index contributed by atoms with van der Waals surface area (Å²) in [5.41, 5.74) is 0.909. The van der Waals surface area contributed by atoms with Crippen molar-refractivity contribution in [3.05, 3.63) is 53.6 Å². The van der Waals surface area contributed by atoms with Gasteiger partial charge in [0.2, 0.25) is 0 Å². The first-order valence-electron chi connectivity index (χ1n) is 9.44. The molecule has 2 rings (SSSR count). The van der Waals surface area contributed by atoms with Gasteiger partial charge in [0.1, 0.15) is 11.5 Å². The zero-order valence-corrected chi connectivity index (χ0v) is 17.6. The van der Waals surface area contributed by atoms with Gasteiger partial charge in [0.05, 0.1) is 12.2 Å². The van der Waals surface area contributed by atoms with Crippen molar-refractivity contribution >= 4 is 17.5 Å². The molecule has 0 fully saturated rings. The van der Waals surface area contributed by atoms with Crippen LogP contribution < -0.4 is 4.74 Å². The highest BCUT2D eigenvalue weighted by atomic mass is 32.2. The molecule has 0 saturated heterocycles. The van der Waals surface area contributed by atoms with Gasteiger partial charge in [0.15, 0.2) is 5.78 Å². The van der Waals surface area contributed by atoms with Gasteiger partial charge in [-0.05, 0) is 55.2 Å².